The van der Waals surface area contributed by atoms with Crippen molar-refractivity contribution in [3.63, 3.8) is 0 Å². The van der Waals surface area contributed by atoms with E-state index in [1.165, 1.54) is 0 Å². The van der Waals surface area contributed by atoms with Crippen molar-refractivity contribution in [2.45, 2.75) is 37.0 Å². The maximum atomic E-state index is 11.7. The van der Waals surface area contributed by atoms with Crippen molar-refractivity contribution >= 4 is 29.1 Å². The van der Waals surface area contributed by atoms with E-state index in [0.717, 1.165) is 22.9 Å². The van der Waals surface area contributed by atoms with Gasteiger partial charge in [0.05, 0.1) is 5.25 Å². The Labute approximate surface area is 182 Å². The summed E-state index contributed by atoms with van der Waals surface area (Å²) in [5.41, 5.74) is 1.32. The van der Waals surface area contributed by atoms with Crippen LogP contribution in [0.3, 0.4) is 0 Å². The maximum absolute atomic E-state index is 11.7. The number of amides is 2. The van der Waals surface area contributed by atoms with E-state index in [-0.39, 0.29) is 16.9 Å². The van der Waals surface area contributed by atoms with Gasteiger partial charge in [0.25, 0.3) is 5.24 Å². The van der Waals surface area contributed by atoms with Gasteiger partial charge in [-0.1, -0.05) is 23.9 Å². The van der Waals surface area contributed by atoms with E-state index < -0.39 is 17.0 Å². The molecule has 0 aliphatic carbocycles. The first kappa shape index (κ1) is 21.0. The van der Waals surface area contributed by atoms with Gasteiger partial charge in [0.15, 0.2) is 0 Å². The molecule has 2 heterocycles. The highest BCUT2D eigenvalue weighted by molar-refractivity contribution is 8.15. The molecule has 31 heavy (non-hydrogen) atoms. The van der Waals surface area contributed by atoms with Crippen LogP contribution in [-0.2, 0) is 17.6 Å². The fraction of sp³-hybridized carbons (Fsp3) is 0.318. The molecule has 2 aromatic rings. The number of hydrogen-bond acceptors (Lipinski definition) is 7. The highest BCUT2D eigenvalue weighted by Gasteiger charge is 2.33. The standard InChI is InChI=1S/C22H21NO7S/c1-22(9-8-14-11-16(29-21(26)27)6-7-17(14)30-22)12-28-15-4-2-13(3-5-15)10-18-19(24)23-20(25)31-18/h2-7,11,18H,8-10,12H2,1H3,(H,26,27)(H,23,24,25). The predicted octanol–water partition coefficient (Wildman–Crippen LogP) is 3.80. The number of carboxylic acid groups (broad SMARTS) is 1. The lowest BCUT2D eigenvalue weighted by molar-refractivity contribution is -0.118. The predicted molar refractivity (Wildman–Crippen MR) is 113 cm³/mol. The molecule has 2 atom stereocenters. The lowest BCUT2D eigenvalue weighted by Crippen LogP contribution is -2.42. The van der Waals surface area contributed by atoms with Crippen LogP contribution in [0.4, 0.5) is 9.59 Å². The molecule has 2 N–H and O–H groups in total. The van der Waals surface area contributed by atoms with Crippen LogP contribution in [0.2, 0.25) is 0 Å². The Morgan fingerprint density at radius 1 is 1.23 bits per heavy atom. The second kappa shape index (κ2) is 8.50. The molecule has 162 valence electrons. The van der Waals surface area contributed by atoms with Crippen LogP contribution in [0.1, 0.15) is 24.5 Å². The molecule has 2 aliphatic rings. The summed E-state index contributed by atoms with van der Waals surface area (Å²) in [6, 6.07) is 12.4. The lowest BCUT2D eigenvalue weighted by Gasteiger charge is -2.35. The largest absolute Gasteiger partial charge is 0.511 e. The zero-order valence-corrected chi connectivity index (χ0v) is 17.6. The van der Waals surface area contributed by atoms with E-state index in [9.17, 15) is 14.4 Å². The third kappa shape index (κ3) is 5.11. The number of ether oxygens (including phenoxy) is 3. The number of imide groups is 1. The van der Waals surface area contributed by atoms with Crippen LogP contribution in [0.15, 0.2) is 42.5 Å². The Balaban J connectivity index is 1.33. The van der Waals surface area contributed by atoms with Gasteiger partial charge in [-0.2, -0.15) is 0 Å². The number of thioether (sulfide) groups is 1. The molecule has 1 saturated heterocycles. The Morgan fingerprint density at radius 3 is 2.65 bits per heavy atom. The van der Waals surface area contributed by atoms with Gasteiger partial charge < -0.3 is 19.3 Å². The molecular formula is C22H21NO7S. The van der Waals surface area contributed by atoms with Crippen molar-refractivity contribution in [3.05, 3.63) is 53.6 Å². The molecular weight excluding hydrogens is 422 g/mol. The molecule has 4 rings (SSSR count). The third-order valence-corrected chi connectivity index (χ3v) is 6.15. The van der Waals surface area contributed by atoms with E-state index in [1.54, 1.807) is 18.2 Å². The van der Waals surface area contributed by atoms with Gasteiger partial charge >= 0.3 is 6.16 Å². The van der Waals surface area contributed by atoms with E-state index >= 15 is 0 Å². The third-order valence-electron chi connectivity index (χ3n) is 5.17. The summed E-state index contributed by atoms with van der Waals surface area (Å²) in [7, 11) is 0. The Kier molecular flexibility index (Phi) is 5.77. The number of hydrogen-bond donors (Lipinski definition) is 2. The van der Waals surface area contributed by atoms with E-state index in [4.69, 9.17) is 19.3 Å². The summed E-state index contributed by atoms with van der Waals surface area (Å²) in [6.07, 6.45) is 0.550. The molecule has 2 aromatic carbocycles. The van der Waals surface area contributed by atoms with Crippen LogP contribution in [-0.4, -0.2) is 39.9 Å². The SMILES string of the molecule is CC1(COc2ccc(CC3SC(=O)NC3=O)cc2)CCc2cc(OC(=O)O)ccc2O1. The van der Waals surface area contributed by atoms with Crippen LogP contribution in [0.5, 0.6) is 17.2 Å². The Morgan fingerprint density at radius 2 is 1.97 bits per heavy atom. The molecule has 1 fully saturated rings. The summed E-state index contributed by atoms with van der Waals surface area (Å²) in [5, 5.41) is 10.3. The van der Waals surface area contributed by atoms with Gasteiger partial charge in [-0.25, -0.2) is 4.79 Å². The molecule has 0 aromatic heterocycles. The number of nitrogens with one attached hydrogen (secondary N) is 1. The van der Waals surface area contributed by atoms with Crippen molar-refractivity contribution in [1.82, 2.24) is 5.32 Å². The number of carbonyl (C=O) groups excluding carboxylic acids is 2. The summed E-state index contributed by atoms with van der Waals surface area (Å²) >= 11 is 1.01. The zero-order chi connectivity index (χ0) is 22.0. The average Bonchev–Trinajstić information content (AvgIpc) is 3.04. The minimum atomic E-state index is -1.35. The van der Waals surface area contributed by atoms with Crippen molar-refractivity contribution in [1.29, 1.82) is 0 Å². The molecule has 0 radical (unpaired) electrons. The monoisotopic (exact) mass is 443 g/mol. The first-order valence-electron chi connectivity index (χ1n) is 9.76. The summed E-state index contributed by atoms with van der Waals surface area (Å²) < 4.78 is 16.8. The van der Waals surface area contributed by atoms with Gasteiger partial charge in [0, 0.05) is 0 Å². The first-order chi connectivity index (χ1) is 14.8. The minimum Gasteiger partial charge on any atom is -0.489 e. The summed E-state index contributed by atoms with van der Waals surface area (Å²) in [5.74, 6) is 1.39. The fourth-order valence-corrected chi connectivity index (χ4v) is 4.39. The molecule has 0 saturated carbocycles. The van der Waals surface area contributed by atoms with Crippen molar-refractivity contribution in [3.8, 4) is 17.2 Å². The lowest BCUT2D eigenvalue weighted by atomic mass is 9.93. The summed E-state index contributed by atoms with van der Waals surface area (Å²) in [6.45, 7) is 2.31. The van der Waals surface area contributed by atoms with Gasteiger partial charge in [-0.3, -0.25) is 14.9 Å². The molecule has 2 amide bonds. The van der Waals surface area contributed by atoms with Crippen LogP contribution < -0.4 is 19.5 Å². The average molecular weight is 443 g/mol. The fourth-order valence-electron chi connectivity index (χ4n) is 3.53. The van der Waals surface area contributed by atoms with E-state index in [0.29, 0.717) is 37.4 Å². The van der Waals surface area contributed by atoms with Crippen LogP contribution in [0, 0.1) is 0 Å². The zero-order valence-electron chi connectivity index (χ0n) is 16.8. The molecule has 0 spiro atoms. The smallest absolute Gasteiger partial charge is 0.489 e. The number of aryl methyl sites for hydroxylation is 1. The van der Waals surface area contributed by atoms with Gasteiger partial charge in [0.2, 0.25) is 5.91 Å². The van der Waals surface area contributed by atoms with Crippen molar-refractivity contribution in [2.24, 2.45) is 0 Å². The van der Waals surface area contributed by atoms with Gasteiger partial charge in [-0.05, 0) is 67.6 Å². The van der Waals surface area contributed by atoms with Crippen LogP contribution >= 0.6 is 11.8 Å². The number of benzene rings is 2. The second-order valence-electron chi connectivity index (χ2n) is 7.71. The molecule has 2 aliphatic heterocycles. The molecule has 8 nitrogen and oxygen atoms in total. The van der Waals surface area contributed by atoms with Crippen molar-refractivity contribution < 1.29 is 33.7 Å². The Hall–Kier alpha value is -3.20. The Bertz CT molecular complexity index is 1020. The van der Waals surface area contributed by atoms with Gasteiger partial charge in [0.1, 0.15) is 29.5 Å². The summed E-state index contributed by atoms with van der Waals surface area (Å²) in [4.78, 5) is 33.7. The molecule has 0 bridgehead atoms. The van der Waals surface area contributed by atoms with Gasteiger partial charge in [-0.15, -0.1) is 0 Å². The minimum absolute atomic E-state index is 0.250. The highest BCUT2D eigenvalue weighted by atomic mass is 32.2. The topological polar surface area (TPSA) is 111 Å². The van der Waals surface area contributed by atoms with E-state index in [2.05, 4.69) is 5.32 Å². The molecule has 9 heteroatoms. The number of fused-ring (bicyclic) bond motifs is 1. The molecule has 2 unspecified atom stereocenters. The highest BCUT2D eigenvalue weighted by Crippen LogP contribution is 2.36. The quantitative estimate of drug-likeness (QED) is 0.512. The maximum Gasteiger partial charge on any atom is 0.511 e. The van der Waals surface area contributed by atoms with Crippen molar-refractivity contribution in [2.75, 3.05) is 6.61 Å². The van der Waals surface area contributed by atoms with Crippen LogP contribution in [0.25, 0.3) is 0 Å². The number of carbonyl (C=O) groups is 3. The number of rotatable bonds is 6. The first-order valence-corrected chi connectivity index (χ1v) is 10.6. The van der Waals surface area contributed by atoms with E-state index in [1.807, 2.05) is 31.2 Å². The second-order valence-corrected chi connectivity index (χ2v) is 8.88. The normalized spacial score (nSPS) is 22.3.